The summed E-state index contributed by atoms with van der Waals surface area (Å²) < 4.78 is 6.69. The number of alkyl halides is 1. The van der Waals surface area contributed by atoms with Crippen LogP contribution < -0.4 is 5.32 Å². The summed E-state index contributed by atoms with van der Waals surface area (Å²) in [5.41, 5.74) is 2.21. The maximum absolute atomic E-state index is 12.0. The molecule has 6 heteroatoms. The van der Waals surface area contributed by atoms with Gasteiger partial charge in [0.2, 0.25) is 5.91 Å². The number of amides is 1. The van der Waals surface area contributed by atoms with E-state index in [2.05, 4.69) is 5.32 Å². The topological polar surface area (TPSA) is 60.3 Å². The van der Waals surface area contributed by atoms with Gasteiger partial charge in [0, 0.05) is 30.6 Å². The van der Waals surface area contributed by atoms with Crippen LogP contribution in [-0.2, 0) is 16.1 Å². The Kier molecular flexibility index (Phi) is 6.23. The van der Waals surface area contributed by atoms with Crippen LogP contribution in [0.15, 0.2) is 6.07 Å². The summed E-state index contributed by atoms with van der Waals surface area (Å²) in [7, 11) is 1.58. The SMILES string of the molecule is COCCNC(=O)Cn1c(C)cc(C(=O)C(C)Cl)c1C. The number of nitrogens with zero attached hydrogens (tertiary/aromatic N) is 1. The summed E-state index contributed by atoms with van der Waals surface area (Å²) in [6.45, 7) is 6.47. The molecule has 0 saturated carbocycles. The molecule has 20 heavy (non-hydrogen) atoms. The highest BCUT2D eigenvalue weighted by Crippen LogP contribution is 2.18. The fourth-order valence-electron chi connectivity index (χ4n) is 2.00. The number of aryl methyl sites for hydroxylation is 1. The van der Waals surface area contributed by atoms with Gasteiger partial charge in [0.25, 0.3) is 0 Å². The van der Waals surface area contributed by atoms with Crippen molar-refractivity contribution in [1.82, 2.24) is 9.88 Å². The first kappa shape index (κ1) is 16.7. The Hall–Kier alpha value is -1.33. The smallest absolute Gasteiger partial charge is 0.240 e. The monoisotopic (exact) mass is 300 g/mol. The largest absolute Gasteiger partial charge is 0.383 e. The number of hydrogen-bond donors (Lipinski definition) is 1. The number of Topliss-reactive ketones (excluding diaryl/α,β-unsaturated/α-hetero) is 1. The molecule has 0 aromatic carbocycles. The van der Waals surface area contributed by atoms with Gasteiger partial charge in [-0.05, 0) is 26.8 Å². The van der Waals surface area contributed by atoms with Crippen molar-refractivity contribution in [1.29, 1.82) is 0 Å². The molecule has 1 N–H and O–H groups in total. The predicted octanol–water partition coefficient (Wildman–Crippen LogP) is 1.68. The fraction of sp³-hybridized carbons (Fsp3) is 0.571. The van der Waals surface area contributed by atoms with Gasteiger partial charge in [-0.15, -0.1) is 11.6 Å². The van der Waals surface area contributed by atoms with Crippen LogP contribution in [0.2, 0.25) is 0 Å². The lowest BCUT2D eigenvalue weighted by molar-refractivity contribution is -0.121. The third kappa shape index (κ3) is 4.08. The molecule has 0 fully saturated rings. The minimum absolute atomic E-state index is 0.109. The van der Waals surface area contributed by atoms with Crippen molar-refractivity contribution in [2.24, 2.45) is 0 Å². The average Bonchev–Trinajstić information content (AvgIpc) is 2.66. The van der Waals surface area contributed by atoms with E-state index in [1.54, 1.807) is 20.1 Å². The van der Waals surface area contributed by atoms with Crippen LogP contribution in [0.5, 0.6) is 0 Å². The molecule has 0 saturated heterocycles. The zero-order valence-electron chi connectivity index (χ0n) is 12.3. The summed E-state index contributed by atoms with van der Waals surface area (Å²) in [6.07, 6.45) is 0. The summed E-state index contributed by atoms with van der Waals surface area (Å²) in [4.78, 5) is 23.8. The molecule has 1 amide bonds. The van der Waals surface area contributed by atoms with Crippen molar-refractivity contribution >= 4 is 23.3 Å². The van der Waals surface area contributed by atoms with Gasteiger partial charge >= 0.3 is 0 Å². The van der Waals surface area contributed by atoms with Gasteiger partial charge in [0.15, 0.2) is 5.78 Å². The lowest BCUT2D eigenvalue weighted by Gasteiger charge is -2.10. The van der Waals surface area contributed by atoms with E-state index in [0.29, 0.717) is 18.7 Å². The Labute approximate surface area is 124 Å². The van der Waals surface area contributed by atoms with E-state index < -0.39 is 5.38 Å². The molecule has 112 valence electrons. The molecule has 0 spiro atoms. The molecule has 1 aromatic heterocycles. The number of methoxy groups -OCH3 is 1. The van der Waals surface area contributed by atoms with Gasteiger partial charge in [0.1, 0.15) is 6.54 Å². The highest BCUT2D eigenvalue weighted by Gasteiger charge is 2.20. The molecule has 1 rings (SSSR count). The molecule has 0 aliphatic carbocycles. The van der Waals surface area contributed by atoms with Crippen molar-refractivity contribution in [2.45, 2.75) is 32.7 Å². The molecular weight excluding hydrogens is 280 g/mol. The Balaban J connectivity index is 2.81. The molecule has 0 aliphatic rings. The lowest BCUT2D eigenvalue weighted by Crippen LogP contribution is -2.31. The Morgan fingerprint density at radius 3 is 2.65 bits per heavy atom. The van der Waals surface area contributed by atoms with E-state index in [9.17, 15) is 9.59 Å². The number of ether oxygens (including phenoxy) is 1. The molecule has 1 heterocycles. The lowest BCUT2D eigenvalue weighted by atomic mass is 10.1. The number of rotatable bonds is 7. The van der Waals surface area contributed by atoms with Crippen molar-refractivity contribution < 1.29 is 14.3 Å². The Morgan fingerprint density at radius 1 is 1.45 bits per heavy atom. The van der Waals surface area contributed by atoms with Gasteiger partial charge < -0.3 is 14.6 Å². The number of carbonyl (C=O) groups excluding carboxylic acids is 2. The molecule has 5 nitrogen and oxygen atoms in total. The zero-order chi connectivity index (χ0) is 15.3. The Bertz CT molecular complexity index is 495. The van der Waals surface area contributed by atoms with Gasteiger partial charge in [-0.25, -0.2) is 0 Å². The van der Waals surface area contributed by atoms with Gasteiger partial charge in [0.05, 0.1) is 12.0 Å². The van der Waals surface area contributed by atoms with E-state index in [1.807, 2.05) is 18.4 Å². The van der Waals surface area contributed by atoms with Crippen LogP contribution in [0.3, 0.4) is 0 Å². The summed E-state index contributed by atoms with van der Waals surface area (Å²) >= 11 is 5.83. The minimum atomic E-state index is -0.570. The van der Waals surface area contributed by atoms with Crippen LogP contribution in [0.1, 0.15) is 28.7 Å². The zero-order valence-corrected chi connectivity index (χ0v) is 13.1. The number of aromatic nitrogens is 1. The van der Waals surface area contributed by atoms with Crippen LogP contribution >= 0.6 is 11.6 Å². The Morgan fingerprint density at radius 2 is 2.10 bits per heavy atom. The normalized spacial score (nSPS) is 12.2. The van der Waals surface area contributed by atoms with E-state index in [4.69, 9.17) is 16.3 Å². The number of nitrogens with one attached hydrogen (secondary N) is 1. The van der Waals surface area contributed by atoms with Crippen molar-refractivity contribution in [2.75, 3.05) is 20.3 Å². The quantitative estimate of drug-likeness (QED) is 0.473. The summed E-state index contributed by atoms with van der Waals surface area (Å²) in [5.74, 6) is -0.229. The first-order valence-corrected chi connectivity index (χ1v) is 6.92. The molecule has 1 unspecified atom stereocenters. The van der Waals surface area contributed by atoms with E-state index in [0.717, 1.165) is 11.4 Å². The number of hydrogen-bond acceptors (Lipinski definition) is 3. The fourth-order valence-corrected chi connectivity index (χ4v) is 2.12. The molecule has 0 aliphatic heterocycles. The molecule has 1 atom stereocenters. The number of carbonyl (C=O) groups is 2. The summed E-state index contributed by atoms with van der Waals surface area (Å²) in [6, 6.07) is 1.78. The maximum atomic E-state index is 12.0. The third-order valence-corrected chi connectivity index (χ3v) is 3.33. The predicted molar refractivity (Wildman–Crippen MR) is 78.4 cm³/mol. The molecule has 1 aromatic rings. The minimum Gasteiger partial charge on any atom is -0.383 e. The van der Waals surface area contributed by atoms with Crippen molar-refractivity contribution in [3.63, 3.8) is 0 Å². The van der Waals surface area contributed by atoms with Crippen LogP contribution in [0.25, 0.3) is 0 Å². The first-order valence-electron chi connectivity index (χ1n) is 6.49. The average molecular weight is 301 g/mol. The van der Waals surface area contributed by atoms with Crippen LogP contribution in [-0.4, -0.2) is 41.9 Å². The van der Waals surface area contributed by atoms with E-state index in [-0.39, 0.29) is 18.2 Å². The summed E-state index contributed by atoms with van der Waals surface area (Å²) in [5, 5.41) is 2.18. The standard InChI is InChI=1S/C14H21ClN2O3/c1-9-7-12(14(19)10(2)15)11(3)17(9)8-13(18)16-5-6-20-4/h7,10H,5-6,8H2,1-4H3,(H,16,18). The molecular formula is C14H21ClN2O3. The van der Waals surface area contributed by atoms with E-state index in [1.165, 1.54) is 0 Å². The second-order valence-corrected chi connectivity index (χ2v) is 5.35. The molecule has 0 radical (unpaired) electrons. The second kappa shape index (κ2) is 7.45. The number of ketones is 1. The third-order valence-electron chi connectivity index (χ3n) is 3.13. The van der Waals surface area contributed by atoms with Crippen molar-refractivity contribution in [3.05, 3.63) is 23.0 Å². The number of halogens is 1. The van der Waals surface area contributed by atoms with Crippen LogP contribution in [0, 0.1) is 13.8 Å². The highest BCUT2D eigenvalue weighted by atomic mass is 35.5. The van der Waals surface area contributed by atoms with Gasteiger partial charge in [-0.2, -0.15) is 0 Å². The second-order valence-electron chi connectivity index (χ2n) is 4.69. The highest BCUT2D eigenvalue weighted by molar-refractivity contribution is 6.33. The maximum Gasteiger partial charge on any atom is 0.240 e. The first-order chi connectivity index (χ1) is 9.38. The van der Waals surface area contributed by atoms with Gasteiger partial charge in [-0.1, -0.05) is 0 Å². The van der Waals surface area contributed by atoms with Crippen molar-refractivity contribution in [3.8, 4) is 0 Å². The van der Waals surface area contributed by atoms with Gasteiger partial charge in [-0.3, -0.25) is 9.59 Å². The van der Waals surface area contributed by atoms with Crippen LogP contribution in [0.4, 0.5) is 0 Å². The van der Waals surface area contributed by atoms with E-state index >= 15 is 0 Å². The molecule has 0 bridgehead atoms.